The third-order valence-electron chi connectivity index (χ3n) is 3.86. The Bertz CT molecular complexity index is 1160. The number of hydrogen-bond donors (Lipinski definition) is 2. The number of nitrogens with zero attached hydrogens (tertiary/aromatic N) is 1. The van der Waals surface area contributed by atoms with Crippen molar-refractivity contribution in [1.82, 2.24) is 4.98 Å². The van der Waals surface area contributed by atoms with Gasteiger partial charge in [-0.1, -0.05) is 29.5 Å². The molecule has 26 heavy (non-hydrogen) atoms. The lowest BCUT2D eigenvalue weighted by Gasteiger charge is -2.00. The number of hydrogen-bond acceptors (Lipinski definition) is 6. The normalized spacial score (nSPS) is 11.0. The van der Waals surface area contributed by atoms with Gasteiger partial charge in [-0.2, -0.15) is 0 Å². The summed E-state index contributed by atoms with van der Waals surface area (Å²) in [5, 5.41) is 3.55. The fourth-order valence-electron chi connectivity index (χ4n) is 2.69. The Morgan fingerprint density at radius 3 is 2.81 bits per heavy atom. The number of anilines is 1. The standard InChI is InChI=1S/C18H13N3O4S/c1-24-9-6-7-13-11(8-9)20-18(26-13)21-17(23)15-14(16(19)22)10-4-2-3-5-12(10)25-15/h2-8H,1H3,(H2,19,22)(H,20,21,23). The molecule has 0 bridgehead atoms. The Morgan fingerprint density at radius 1 is 1.23 bits per heavy atom. The number of benzene rings is 2. The van der Waals surface area contributed by atoms with Crippen LogP contribution in [-0.4, -0.2) is 23.9 Å². The molecule has 4 aromatic rings. The Morgan fingerprint density at radius 2 is 2.04 bits per heavy atom. The van der Waals surface area contributed by atoms with Gasteiger partial charge in [0.2, 0.25) is 5.76 Å². The molecule has 2 amide bonds. The summed E-state index contributed by atoms with van der Waals surface area (Å²) in [7, 11) is 1.57. The van der Waals surface area contributed by atoms with Crippen molar-refractivity contribution < 1.29 is 18.7 Å². The summed E-state index contributed by atoms with van der Waals surface area (Å²) in [5.74, 6) is -0.764. The number of aromatic nitrogens is 1. The zero-order valence-corrected chi connectivity index (χ0v) is 14.4. The molecule has 0 unspecified atom stereocenters. The van der Waals surface area contributed by atoms with Crippen LogP contribution in [0.1, 0.15) is 20.9 Å². The van der Waals surface area contributed by atoms with Crippen LogP contribution in [0.5, 0.6) is 5.75 Å². The van der Waals surface area contributed by atoms with Gasteiger partial charge < -0.3 is 14.9 Å². The van der Waals surface area contributed by atoms with E-state index in [0.29, 0.717) is 27.4 Å². The molecule has 0 saturated heterocycles. The van der Waals surface area contributed by atoms with Gasteiger partial charge in [-0.25, -0.2) is 4.98 Å². The van der Waals surface area contributed by atoms with E-state index in [1.54, 1.807) is 37.4 Å². The molecule has 3 N–H and O–H groups in total. The van der Waals surface area contributed by atoms with Gasteiger partial charge in [-0.3, -0.25) is 14.9 Å². The molecule has 2 aromatic carbocycles. The first-order valence-corrected chi connectivity index (χ1v) is 8.45. The van der Waals surface area contributed by atoms with Gasteiger partial charge in [-0.05, 0) is 18.2 Å². The largest absolute Gasteiger partial charge is 0.497 e. The summed E-state index contributed by atoms with van der Waals surface area (Å²) in [4.78, 5) is 28.8. The summed E-state index contributed by atoms with van der Waals surface area (Å²) >= 11 is 1.30. The average molecular weight is 367 g/mol. The molecule has 8 heteroatoms. The lowest BCUT2D eigenvalue weighted by atomic mass is 10.1. The van der Waals surface area contributed by atoms with Crippen LogP contribution in [0.3, 0.4) is 0 Å². The van der Waals surface area contributed by atoms with Gasteiger partial charge in [0, 0.05) is 11.5 Å². The number of carbonyl (C=O) groups excluding carboxylic acids is 2. The molecule has 4 rings (SSSR count). The smallest absolute Gasteiger partial charge is 0.294 e. The highest BCUT2D eigenvalue weighted by Crippen LogP contribution is 2.30. The van der Waals surface area contributed by atoms with Crippen LogP contribution in [0.2, 0.25) is 0 Å². The number of methoxy groups -OCH3 is 1. The molecule has 0 atom stereocenters. The molecule has 0 aliphatic rings. The molecule has 0 radical (unpaired) electrons. The van der Waals surface area contributed by atoms with Crippen molar-refractivity contribution in [2.45, 2.75) is 0 Å². The first kappa shape index (κ1) is 16.1. The highest BCUT2D eigenvalue weighted by molar-refractivity contribution is 7.22. The van der Waals surface area contributed by atoms with Gasteiger partial charge >= 0.3 is 0 Å². The van der Waals surface area contributed by atoms with E-state index in [0.717, 1.165) is 4.70 Å². The van der Waals surface area contributed by atoms with Gasteiger partial charge in [0.05, 0.1) is 22.9 Å². The Balaban J connectivity index is 1.71. The highest BCUT2D eigenvalue weighted by atomic mass is 32.1. The van der Waals surface area contributed by atoms with Gasteiger partial charge in [0.1, 0.15) is 11.3 Å². The molecule has 0 saturated carbocycles. The van der Waals surface area contributed by atoms with Crippen molar-refractivity contribution in [1.29, 1.82) is 0 Å². The van der Waals surface area contributed by atoms with Crippen LogP contribution in [0, 0.1) is 0 Å². The number of thiazole rings is 1. The first-order chi connectivity index (χ1) is 12.6. The number of nitrogens with one attached hydrogen (secondary N) is 1. The molecular formula is C18H13N3O4S. The van der Waals surface area contributed by atoms with Crippen molar-refractivity contribution in [2.75, 3.05) is 12.4 Å². The molecule has 0 aliphatic carbocycles. The van der Waals surface area contributed by atoms with Crippen molar-refractivity contribution in [3.8, 4) is 5.75 Å². The van der Waals surface area contributed by atoms with Crippen LogP contribution in [-0.2, 0) is 0 Å². The average Bonchev–Trinajstić information content (AvgIpc) is 3.21. The third kappa shape index (κ3) is 2.66. The van der Waals surface area contributed by atoms with Gasteiger partial charge in [-0.15, -0.1) is 0 Å². The number of nitrogens with two attached hydrogens (primary N) is 1. The summed E-state index contributed by atoms with van der Waals surface area (Å²) in [6.45, 7) is 0. The lowest BCUT2D eigenvalue weighted by molar-refractivity contribution is 0.0963. The Kier molecular flexibility index (Phi) is 3.81. The summed E-state index contributed by atoms with van der Waals surface area (Å²) in [6.07, 6.45) is 0. The molecule has 2 aromatic heterocycles. The SMILES string of the molecule is COc1ccc2sc(NC(=O)c3oc4ccccc4c3C(N)=O)nc2c1. The quantitative estimate of drug-likeness (QED) is 0.575. The minimum absolute atomic E-state index is 0.0564. The number of primary amides is 1. The molecule has 0 spiro atoms. The molecule has 7 nitrogen and oxygen atoms in total. The Labute approximate surface area is 151 Å². The van der Waals surface area contributed by atoms with E-state index < -0.39 is 11.8 Å². The topological polar surface area (TPSA) is 107 Å². The minimum Gasteiger partial charge on any atom is -0.497 e. The van der Waals surface area contributed by atoms with Crippen LogP contribution in [0.4, 0.5) is 5.13 Å². The van der Waals surface area contributed by atoms with E-state index in [9.17, 15) is 9.59 Å². The molecular weight excluding hydrogens is 354 g/mol. The van der Waals surface area contributed by atoms with Crippen molar-refractivity contribution in [2.24, 2.45) is 5.73 Å². The lowest BCUT2D eigenvalue weighted by Crippen LogP contribution is -2.18. The highest BCUT2D eigenvalue weighted by Gasteiger charge is 2.24. The number of carbonyl (C=O) groups is 2. The molecule has 0 aliphatic heterocycles. The second-order valence-corrected chi connectivity index (χ2v) is 6.50. The zero-order valence-electron chi connectivity index (χ0n) is 13.6. The number of furan rings is 1. The number of para-hydroxylation sites is 1. The van der Waals surface area contributed by atoms with E-state index in [4.69, 9.17) is 14.9 Å². The number of rotatable bonds is 4. The predicted octanol–water partition coefficient (Wildman–Crippen LogP) is 3.40. The molecule has 2 heterocycles. The van der Waals surface area contributed by atoms with Crippen molar-refractivity contribution >= 4 is 49.5 Å². The van der Waals surface area contributed by atoms with Gasteiger partial charge in [0.15, 0.2) is 5.13 Å². The van der Waals surface area contributed by atoms with E-state index in [2.05, 4.69) is 10.3 Å². The van der Waals surface area contributed by atoms with Crippen LogP contribution in [0.15, 0.2) is 46.9 Å². The monoisotopic (exact) mass is 367 g/mol. The molecule has 130 valence electrons. The van der Waals surface area contributed by atoms with Gasteiger partial charge in [0.25, 0.3) is 11.8 Å². The summed E-state index contributed by atoms with van der Waals surface area (Å²) in [5.41, 5.74) is 6.62. The second-order valence-electron chi connectivity index (χ2n) is 5.47. The predicted molar refractivity (Wildman–Crippen MR) is 98.9 cm³/mol. The summed E-state index contributed by atoms with van der Waals surface area (Å²) < 4.78 is 11.6. The Hall–Kier alpha value is -3.39. The first-order valence-electron chi connectivity index (χ1n) is 7.64. The van der Waals surface area contributed by atoms with E-state index in [1.807, 2.05) is 12.1 Å². The number of fused-ring (bicyclic) bond motifs is 2. The van der Waals surface area contributed by atoms with Crippen LogP contribution >= 0.6 is 11.3 Å². The zero-order chi connectivity index (χ0) is 18.3. The summed E-state index contributed by atoms with van der Waals surface area (Å²) in [6, 6.07) is 12.3. The van der Waals surface area contributed by atoms with E-state index in [1.165, 1.54) is 11.3 Å². The maximum atomic E-state index is 12.6. The van der Waals surface area contributed by atoms with Crippen molar-refractivity contribution in [3.63, 3.8) is 0 Å². The molecule has 0 fully saturated rings. The fourth-order valence-corrected chi connectivity index (χ4v) is 3.53. The number of amides is 2. The third-order valence-corrected chi connectivity index (χ3v) is 4.82. The number of ether oxygens (including phenoxy) is 1. The van der Waals surface area contributed by atoms with E-state index >= 15 is 0 Å². The maximum Gasteiger partial charge on any atom is 0.294 e. The maximum absolute atomic E-state index is 12.6. The van der Waals surface area contributed by atoms with E-state index in [-0.39, 0.29) is 11.3 Å². The fraction of sp³-hybridized carbons (Fsp3) is 0.0556. The van der Waals surface area contributed by atoms with Crippen molar-refractivity contribution in [3.05, 3.63) is 53.8 Å². The van der Waals surface area contributed by atoms with Crippen LogP contribution in [0.25, 0.3) is 21.2 Å². The minimum atomic E-state index is -0.728. The second kappa shape index (κ2) is 6.16. The van der Waals surface area contributed by atoms with Crippen LogP contribution < -0.4 is 15.8 Å².